The average Bonchev–Trinajstić information content (AvgIpc) is 3.59. The van der Waals surface area contributed by atoms with Crippen LogP contribution in [0, 0.1) is 17.7 Å². The Morgan fingerprint density at radius 2 is 1.46 bits per heavy atom. The van der Waals surface area contributed by atoms with Gasteiger partial charge in [-0.2, -0.15) is 0 Å². The first-order valence-corrected chi connectivity index (χ1v) is 15.2. The Hall–Kier alpha value is -4.26. The number of benzene rings is 2. The molecule has 0 fully saturated rings. The lowest BCUT2D eigenvalue weighted by Crippen LogP contribution is -2.31. The molecular weight excluding hydrogens is 627 g/mol. The molecule has 0 saturated carbocycles. The van der Waals surface area contributed by atoms with Gasteiger partial charge in [0.25, 0.3) is 0 Å². The quantitative estimate of drug-likeness (QED) is 0.269. The third-order valence-corrected chi connectivity index (χ3v) is 8.73. The number of carbonyl (C=O) groups excluding carboxylic acids is 2. The lowest BCUT2D eigenvalue weighted by Gasteiger charge is -2.23. The second-order valence-electron chi connectivity index (χ2n) is 11.5. The molecule has 12 nitrogen and oxygen atoms in total. The topological polar surface area (TPSA) is 152 Å². The SMILES string of the molecule is COc1cc2c(cc1OCCCOc1c(F)c3c(c(Cl)c1OC)CN(C(=O)C[C@H](C)C(=O)O)C3C)CN(C(=O)CC(C)C(=O)O)C2. The number of carboxylic acid groups (broad SMARTS) is 2. The van der Waals surface area contributed by atoms with Gasteiger partial charge in [-0.25, -0.2) is 4.39 Å². The van der Waals surface area contributed by atoms with Crippen molar-refractivity contribution in [3.05, 3.63) is 45.2 Å². The number of rotatable bonds is 14. The average molecular weight is 665 g/mol. The minimum Gasteiger partial charge on any atom is -0.493 e. The second-order valence-corrected chi connectivity index (χ2v) is 11.9. The maximum absolute atomic E-state index is 15.9. The van der Waals surface area contributed by atoms with Gasteiger partial charge in [0.2, 0.25) is 11.8 Å². The predicted molar refractivity (Wildman–Crippen MR) is 163 cm³/mol. The van der Waals surface area contributed by atoms with E-state index in [1.54, 1.807) is 24.0 Å². The van der Waals surface area contributed by atoms with E-state index in [1.807, 2.05) is 0 Å². The van der Waals surface area contributed by atoms with Crippen LogP contribution in [0.15, 0.2) is 12.1 Å². The fourth-order valence-corrected chi connectivity index (χ4v) is 5.92. The van der Waals surface area contributed by atoms with Crippen molar-refractivity contribution in [1.29, 1.82) is 0 Å². The summed E-state index contributed by atoms with van der Waals surface area (Å²) < 4.78 is 38.5. The van der Waals surface area contributed by atoms with E-state index in [9.17, 15) is 24.3 Å². The highest BCUT2D eigenvalue weighted by molar-refractivity contribution is 6.33. The summed E-state index contributed by atoms with van der Waals surface area (Å²) in [4.78, 5) is 50.8. The van der Waals surface area contributed by atoms with E-state index >= 15 is 4.39 Å². The van der Waals surface area contributed by atoms with E-state index in [2.05, 4.69) is 0 Å². The number of carboxylic acids is 2. The van der Waals surface area contributed by atoms with Crippen molar-refractivity contribution in [3.8, 4) is 23.0 Å². The van der Waals surface area contributed by atoms with E-state index in [4.69, 9.17) is 35.7 Å². The predicted octanol–water partition coefficient (Wildman–Crippen LogP) is 4.81. The minimum atomic E-state index is -1.10. The number of hydrogen-bond donors (Lipinski definition) is 2. The van der Waals surface area contributed by atoms with Crippen LogP contribution in [0.1, 0.15) is 68.3 Å². The summed E-state index contributed by atoms with van der Waals surface area (Å²) in [6, 6.07) is 2.88. The lowest BCUT2D eigenvalue weighted by molar-refractivity contribution is -0.146. The van der Waals surface area contributed by atoms with Crippen molar-refractivity contribution in [1.82, 2.24) is 9.80 Å². The van der Waals surface area contributed by atoms with Crippen LogP contribution in [0.25, 0.3) is 0 Å². The van der Waals surface area contributed by atoms with Gasteiger partial charge in [0.15, 0.2) is 28.8 Å². The molecule has 2 unspecified atom stereocenters. The highest BCUT2D eigenvalue weighted by Crippen LogP contribution is 2.49. The van der Waals surface area contributed by atoms with Crippen LogP contribution in [0.4, 0.5) is 4.39 Å². The molecule has 2 aromatic carbocycles. The summed E-state index contributed by atoms with van der Waals surface area (Å²) in [6.07, 6.45) is 0.0132. The zero-order chi connectivity index (χ0) is 33.9. The normalized spacial score (nSPS) is 16.4. The van der Waals surface area contributed by atoms with Gasteiger partial charge in [-0.3, -0.25) is 19.2 Å². The third kappa shape index (κ3) is 7.09. The summed E-state index contributed by atoms with van der Waals surface area (Å²) in [5, 5.41) is 18.4. The van der Waals surface area contributed by atoms with E-state index in [1.165, 1.54) is 33.0 Å². The fraction of sp³-hybridized carbons (Fsp3) is 0.500. The van der Waals surface area contributed by atoms with Gasteiger partial charge in [0.1, 0.15) is 0 Å². The van der Waals surface area contributed by atoms with Gasteiger partial charge >= 0.3 is 11.9 Å². The Morgan fingerprint density at radius 1 is 0.891 bits per heavy atom. The molecule has 0 aromatic heterocycles. The Labute approximate surface area is 270 Å². The number of ether oxygens (including phenoxy) is 4. The first-order chi connectivity index (χ1) is 21.8. The van der Waals surface area contributed by atoms with Crippen LogP contribution in [-0.4, -0.2) is 71.2 Å². The van der Waals surface area contributed by atoms with Crippen molar-refractivity contribution >= 4 is 35.4 Å². The Morgan fingerprint density at radius 3 is 2.02 bits per heavy atom. The van der Waals surface area contributed by atoms with Crippen LogP contribution in [-0.2, 0) is 38.8 Å². The third-order valence-electron chi connectivity index (χ3n) is 8.33. The highest BCUT2D eigenvalue weighted by Gasteiger charge is 2.39. The molecule has 0 bridgehead atoms. The molecule has 14 heteroatoms. The zero-order valence-corrected chi connectivity index (χ0v) is 27.1. The molecule has 2 N–H and O–H groups in total. The molecule has 2 aliphatic heterocycles. The van der Waals surface area contributed by atoms with Crippen molar-refractivity contribution < 1.29 is 52.7 Å². The Bertz CT molecular complexity index is 1530. The summed E-state index contributed by atoms with van der Waals surface area (Å²) in [7, 11) is 2.83. The van der Waals surface area contributed by atoms with E-state index in [0.29, 0.717) is 36.6 Å². The van der Waals surface area contributed by atoms with Gasteiger partial charge in [0.05, 0.1) is 50.3 Å². The molecule has 2 amide bonds. The highest BCUT2D eigenvalue weighted by atomic mass is 35.5. The molecule has 46 heavy (non-hydrogen) atoms. The Kier molecular flexibility index (Phi) is 10.9. The maximum Gasteiger partial charge on any atom is 0.306 e. The first-order valence-electron chi connectivity index (χ1n) is 14.8. The molecule has 0 spiro atoms. The number of nitrogens with zero attached hydrogens (tertiary/aromatic N) is 2. The zero-order valence-electron chi connectivity index (χ0n) is 26.4. The van der Waals surface area contributed by atoms with Crippen LogP contribution < -0.4 is 18.9 Å². The molecule has 4 rings (SSSR count). The van der Waals surface area contributed by atoms with Crippen molar-refractivity contribution in [2.75, 3.05) is 27.4 Å². The summed E-state index contributed by atoms with van der Waals surface area (Å²) in [6.45, 7) is 5.46. The molecule has 2 heterocycles. The van der Waals surface area contributed by atoms with Gasteiger partial charge in [-0.05, 0) is 30.2 Å². The molecule has 2 aliphatic rings. The summed E-state index contributed by atoms with van der Waals surface area (Å²) in [5.41, 5.74) is 2.32. The molecule has 250 valence electrons. The number of carbonyl (C=O) groups is 4. The van der Waals surface area contributed by atoms with Crippen LogP contribution in [0.3, 0.4) is 0 Å². The monoisotopic (exact) mass is 664 g/mol. The summed E-state index contributed by atoms with van der Waals surface area (Å²) in [5.74, 6) is -4.45. The largest absolute Gasteiger partial charge is 0.493 e. The van der Waals surface area contributed by atoms with E-state index in [-0.39, 0.29) is 60.6 Å². The van der Waals surface area contributed by atoms with E-state index < -0.39 is 41.5 Å². The van der Waals surface area contributed by atoms with Gasteiger partial charge in [-0.15, -0.1) is 0 Å². The van der Waals surface area contributed by atoms with Crippen LogP contribution in [0.5, 0.6) is 23.0 Å². The minimum absolute atomic E-state index is 0.00335. The maximum atomic E-state index is 15.9. The number of hydrogen-bond acceptors (Lipinski definition) is 8. The van der Waals surface area contributed by atoms with Crippen LogP contribution >= 0.6 is 11.6 Å². The Balaban J connectivity index is 1.39. The smallest absolute Gasteiger partial charge is 0.306 e. The standard InChI is InChI=1S/C32H38ClFN2O10/c1-16(31(39)40)9-24(37)35-13-19-11-22(43-4)23(12-20(19)14-35)45-7-6-8-46-30-28(34)26-18(3)36(25(38)10-17(2)32(41)42)15-21(26)27(33)29(30)44-5/h11-12,16-18H,6-10,13-15H2,1-5H3,(H,39,40)(H,41,42)/t16?,17-,18?/m0/s1. The second kappa shape index (κ2) is 14.4. The molecule has 0 radical (unpaired) electrons. The van der Waals surface area contributed by atoms with Crippen LogP contribution in [0.2, 0.25) is 5.02 Å². The van der Waals surface area contributed by atoms with Gasteiger partial charge < -0.3 is 39.0 Å². The van der Waals surface area contributed by atoms with E-state index in [0.717, 1.165) is 11.1 Å². The first kappa shape index (κ1) is 34.6. The fourth-order valence-electron chi connectivity index (χ4n) is 5.59. The lowest BCUT2D eigenvalue weighted by atomic mass is 10.0. The van der Waals surface area contributed by atoms with Crippen molar-refractivity contribution in [2.24, 2.45) is 11.8 Å². The molecule has 3 atom stereocenters. The molecule has 2 aromatic rings. The number of halogens is 2. The van der Waals surface area contributed by atoms with Crippen molar-refractivity contribution in [3.63, 3.8) is 0 Å². The summed E-state index contributed by atoms with van der Waals surface area (Å²) >= 11 is 6.60. The van der Waals surface area contributed by atoms with Gasteiger partial charge in [-0.1, -0.05) is 25.4 Å². The molecular formula is C32H38ClFN2O10. The number of aliphatic carboxylic acids is 2. The number of fused-ring (bicyclic) bond motifs is 2. The molecule has 0 saturated heterocycles. The van der Waals surface area contributed by atoms with Crippen molar-refractivity contribution in [2.45, 2.75) is 65.7 Å². The number of amides is 2. The molecule has 0 aliphatic carbocycles. The number of methoxy groups -OCH3 is 2. The van der Waals surface area contributed by atoms with Gasteiger partial charge in [0, 0.05) is 50.0 Å².